The van der Waals surface area contributed by atoms with E-state index in [4.69, 9.17) is 5.73 Å². The molecule has 1 amide bonds. The highest BCUT2D eigenvalue weighted by Crippen LogP contribution is 2.27. The Balaban J connectivity index is 2.05. The predicted octanol–water partition coefficient (Wildman–Crippen LogP) is 0.732. The molecule has 0 bridgehead atoms. The fraction of sp³-hybridized carbons (Fsp3) is 0.333. The summed E-state index contributed by atoms with van der Waals surface area (Å²) in [4.78, 5) is 18.1. The molecule has 0 radical (unpaired) electrons. The first-order chi connectivity index (χ1) is 8.31. The molecule has 0 saturated carbocycles. The third-order valence-electron chi connectivity index (χ3n) is 3.08. The number of aromatic nitrogens is 2. The summed E-state index contributed by atoms with van der Waals surface area (Å²) < 4.78 is 2.09. The first-order valence-corrected chi connectivity index (χ1v) is 5.77. The third-order valence-corrected chi connectivity index (χ3v) is 3.08. The molecule has 0 aliphatic carbocycles. The van der Waals surface area contributed by atoms with Gasteiger partial charge in [-0.1, -0.05) is 12.1 Å². The van der Waals surface area contributed by atoms with Gasteiger partial charge < -0.3 is 10.3 Å². The molecular formula is C12H14N4O. The SMILES string of the molecule is NCCC(=O)N1CCn2c1nc1ccccc12. The molecule has 5 nitrogen and oxygen atoms in total. The molecule has 0 saturated heterocycles. The van der Waals surface area contributed by atoms with Gasteiger partial charge in [-0.2, -0.15) is 0 Å². The second-order valence-corrected chi connectivity index (χ2v) is 4.14. The van der Waals surface area contributed by atoms with Crippen molar-refractivity contribution in [3.63, 3.8) is 0 Å². The topological polar surface area (TPSA) is 64.2 Å². The van der Waals surface area contributed by atoms with Gasteiger partial charge in [0.05, 0.1) is 11.0 Å². The van der Waals surface area contributed by atoms with Gasteiger partial charge in [-0.25, -0.2) is 4.98 Å². The highest BCUT2D eigenvalue weighted by Gasteiger charge is 2.27. The van der Waals surface area contributed by atoms with Crippen LogP contribution in [-0.4, -0.2) is 28.5 Å². The number of anilines is 1. The minimum Gasteiger partial charge on any atom is -0.330 e. The van der Waals surface area contributed by atoms with Crippen molar-refractivity contribution in [2.24, 2.45) is 5.73 Å². The van der Waals surface area contributed by atoms with E-state index in [9.17, 15) is 4.79 Å². The number of rotatable bonds is 2. The second-order valence-electron chi connectivity index (χ2n) is 4.14. The Labute approximate surface area is 98.8 Å². The molecule has 1 aromatic heterocycles. The Bertz CT molecular complexity index is 575. The summed E-state index contributed by atoms with van der Waals surface area (Å²) in [5, 5.41) is 0. The van der Waals surface area contributed by atoms with Crippen LogP contribution >= 0.6 is 0 Å². The molecule has 0 fully saturated rings. The minimum atomic E-state index is 0.0570. The number of nitrogens with two attached hydrogens (primary N) is 1. The van der Waals surface area contributed by atoms with Crippen LogP contribution < -0.4 is 10.6 Å². The maximum Gasteiger partial charge on any atom is 0.230 e. The molecule has 88 valence electrons. The van der Waals surface area contributed by atoms with Gasteiger partial charge in [0.25, 0.3) is 0 Å². The largest absolute Gasteiger partial charge is 0.330 e. The van der Waals surface area contributed by atoms with E-state index in [1.807, 2.05) is 24.3 Å². The summed E-state index contributed by atoms with van der Waals surface area (Å²) in [6.07, 6.45) is 0.378. The number of imidazole rings is 1. The van der Waals surface area contributed by atoms with Crippen LogP contribution in [0.3, 0.4) is 0 Å². The van der Waals surface area contributed by atoms with Crippen LogP contribution in [0, 0.1) is 0 Å². The highest BCUT2D eigenvalue weighted by molar-refractivity contribution is 5.94. The molecular weight excluding hydrogens is 216 g/mol. The smallest absolute Gasteiger partial charge is 0.230 e. The zero-order valence-corrected chi connectivity index (χ0v) is 9.47. The molecule has 1 aliphatic rings. The fourth-order valence-electron chi connectivity index (χ4n) is 2.28. The Morgan fingerprint density at radius 2 is 2.18 bits per heavy atom. The third kappa shape index (κ3) is 1.51. The van der Waals surface area contributed by atoms with Gasteiger partial charge >= 0.3 is 0 Å². The van der Waals surface area contributed by atoms with Crippen LogP contribution in [0.25, 0.3) is 11.0 Å². The van der Waals surface area contributed by atoms with Crippen molar-refractivity contribution in [1.29, 1.82) is 0 Å². The van der Waals surface area contributed by atoms with Crippen molar-refractivity contribution < 1.29 is 4.79 Å². The van der Waals surface area contributed by atoms with E-state index in [1.165, 1.54) is 0 Å². The van der Waals surface area contributed by atoms with Crippen LogP contribution in [0.15, 0.2) is 24.3 Å². The van der Waals surface area contributed by atoms with E-state index in [2.05, 4.69) is 9.55 Å². The second kappa shape index (κ2) is 3.85. The van der Waals surface area contributed by atoms with Crippen molar-refractivity contribution in [1.82, 2.24) is 9.55 Å². The monoisotopic (exact) mass is 230 g/mol. The Morgan fingerprint density at radius 1 is 1.35 bits per heavy atom. The number of nitrogens with zero attached hydrogens (tertiary/aromatic N) is 3. The fourth-order valence-corrected chi connectivity index (χ4v) is 2.28. The van der Waals surface area contributed by atoms with E-state index in [0.717, 1.165) is 23.5 Å². The molecule has 3 rings (SSSR count). The number of benzene rings is 1. The van der Waals surface area contributed by atoms with Crippen LogP contribution in [0.4, 0.5) is 5.95 Å². The van der Waals surface area contributed by atoms with E-state index in [-0.39, 0.29) is 5.91 Å². The quantitative estimate of drug-likeness (QED) is 0.827. The lowest BCUT2D eigenvalue weighted by Gasteiger charge is -2.12. The molecule has 2 heterocycles. The molecule has 2 aromatic rings. The maximum atomic E-state index is 11.9. The average Bonchev–Trinajstić information content (AvgIpc) is 2.87. The summed E-state index contributed by atoms with van der Waals surface area (Å²) in [6, 6.07) is 7.94. The first kappa shape index (κ1) is 10.3. The molecule has 17 heavy (non-hydrogen) atoms. The first-order valence-electron chi connectivity index (χ1n) is 5.77. The molecule has 2 N–H and O–H groups in total. The van der Waals surface area contributed by atoms with Crippen molar-refractivity contribution in [3.8, 4) is 0 Å². The van der Waals surface area contributed by atoms with Gasteiger partial charge in [-0.05, 0) is 12.1 Å². The zero-order chi connectivity index (χ0) is 11.8. The normalized spacial score (nSPS) is 14.3. The minimum absolute atomic E-state index is 0.0570. The average molecular weight is 230 g/mol. The summed E-state index contributed by atoms with van der Waals surface area (Å²) in [7, 11) is 0. The zero-order valence-electron chi connectivity index (χ0n) is 9.47. The lowest BCUT2D eigenvalue weighted by Crippen LogP contribution is -2.30. The number of amides is 1. The molecule has 5 heteroatoms. The van der Waals surface area contributed by atoms with E-state index in [0.29, 0.717) is 19.5 Å². The number of hydrogen-bond acceptors (Lipinski definition) is 3. The van der Waals surface area contributed by atoms with Crippen LogP contribution in [0.2, 0.25) is 0 Å². The van der Waals surface area contributed by atoms with E-state index in [1.54, 1.807) is 4.90 Å². The van der Waals surface area contributed by atoms with Crippen molar-refractivity contribution in [3.05, 3.63) is 24.3 Å². The Morgan fingerprint density at radius 3 is 3.00 bits per heavy atom. The summed E-state index contributed by atoms with van der Waals surface area (Å²) in [5.74, 6) is 0.811. The van der Waals surface area contributed by atoms with Gasteiger partial charge in [-0.3, -0.25) is 9.69 Å². The van der Waals surface area contributed by atoms with Crippen molar-refractivity contribution in [2.75, 3.05) is 18.0 Å². The van der Waals surface area contributed by atoms with Gasteiger partial charge in [0.15, 0.2) is 0 Å². The predicted molar refractivity (Wildman–Crippen MR) is 65.8 cm³/mol. The van der Waals surface area contributed by atoms with Crippen LogP contribution in [0.1, 0.15) is 6.42 Å². The molecule has 0 atom stereocenters. The Kier molecular flexibility index (Phi) is 2.33. The highest BCUT2D eigenvalue weighted by atomic mass is 16.2. The lowest BCUT2D eigenvalue weighted by atomic mass is 10.3. The molecule has 0 unspecified atom stereocenters. The van der Waals surface area contributed by atoms with Crippen molar-refractivity contribution >= 4 is 22.9 Å². The summed E-state index contributed by atoms with van der Waals surface area (Å²) >= 11 is 0. The van der Waals surface area contributed by atoms with Crippen LogP contribution in [-0.2, 0) is 11.3 Å². The number of carbonyl (C=O) groups excluding carboxylic acids is 1. The summed E-state index contributed by atoms with van der Waals surface area (Å²) in [5.41, 5.74) is 7.44. The maximum absolute atomic E-state index is 11.9. The lowest BCUT2D eigenvalue weighted by molar-refractivity contribution is -0.118. The number of carbonyl (C=O) groups is 1. The molecule has 0 spiro atoms. The van der Waals surface area contributed by atoms with Crippen LogP contribution in [0.5, 0.6) is 0 Å². The summed E-state index contributed by atoms with van der Waals surface area (Å²) in [6.45, 7) is 1.90. The molecule has 1 aromatic carbocycles. The Hall–Kier alpha value is -1.88. The van der Waals surface area contributed by atoms with E-state index >= 15 is 0 Å². The van der Waals surface area contributed by atoms with Gasteiger partial charge in [-0.15, -0.1) is 0 Å². The van der Waals surface area contributed by atoms with E-state index < -0.39 is 0 Å². The standard InChI is InChI=1S/C12H14N4O/c13-6-5-11(17)16-8-7-15-10-4-2-1-3-9(10)14-12(15)16/h1-4H,5-8,13H2. The van der Waals surface area contributed by atoms with Gasteiger partial charge in [0.1, 0.15) is 0 Å². The van der Waals surface area contributed by atoms with Gasteiger partial charge in [0.2, 0.25) is 11.9 Å². The van der Waals surface area contributed by atoms with Gasteiger partial charge in [0, 0.05) is 26.1 Å². The number of hydrogen-bond donors (Lipinski definition) is 1. The van der Waals surface area contributed by atoms with Crippen molar-refractivity contribution in [2.45, 2.75) is 13.0 Å². The number of para-hydroxylation sites is 2. The molecule has 1 aliphatic heterocycles. The number of fused-ring (bicyclic) bond motifs is 3.